The lowest BCUT2D eigenvalue weighted by atomic mass is 10.0. The average Bonchev–Trinajstić information content (AvgIpc) is 2.25. The van der Waals surface area contributed by atoms with Gasteiger partial charge >= 0.3 is 21.2 Å². The van der Waals surface area contributed by atoms with E-state index in [-0.39, 0.29) is 0 Å². The zero-order valence-electron chi connectivity index (χ0n) is 12.2. The highest BCUT2D eigenvalue weighted by Gasteiger charge is 2.48. The average molecular weight is 357 g/mol. The van der Waals surface area contributed by atoms with E-state index in [0.717, 1.165) is 12.2 Å². The van der Waals surface area contributed by atoms with Crippen LogP contribution in [0.2, 0.25) is 0 Å². The maximum atomic E-state index is 11.6. The number of rotatable bonds is 9. The van der Waals surface area contributed by atoms with E-state index in [1.54, 1.807) is 0 Å². The largest absolute Gasteiger partial charge is 0.480 e. The highest BCUT2D eigenvalue weighted by molar-refractivity contribution is 7.53. The molecule has 0 saturated heterocycles. The van der Waals surface area contributed by atoms with Gasteiger partial charge in [0.2, 0.25) is 0 Å². The summed E-state index contributed by atoms with van der Waals surface area (Å²) in [6, 6.07) is -1.56. The third-order valence-electron chi connectivity index (χ3n) is 2.93. The molecule has 0 bridgehead atoms. The van der Waals surface area contributed by atoms with Crippen LogP contribution in [0.25, 0.3) is 0 Å². The molecule has 0 aliphatic carbocycles. The van der Waals surface area contributed by atoms with E-state index in [1.165, 1.54) is 13.8 Å². The molecule has 0 amide bonds. The molecule has 128 valence electrons. The highest BCUT2D eigenvalue weighted by atomic mass is 31.2. The van der Waals surface area contributed by atoms with Crippen molar-refractivity contribution in [2.75, 3.05) is 0 Å². The summed E-state index contributed by atoms with van der Waals surface area (Å²) in [5.41, 5.74) is 0. The van der Waals surface area contributed by atoms with E-state index in [0.29, 0.717) is 4.90 Å². The lowest BCUT2D eigenvalue weighted by Gasteiger charge is -2.40. The molecular formula is C11H21NO8P2. The zero-order chi connectivity index (χ0) is 17.9. The highest BCUT2D eigenvalue weighted by Crippen LogP contribution is 2.52. The van der Waals surface area contributed by atoms with Gasteiger partial charge in [0.15, 0.2) is 0 Å². The quantitative estimate of drug-likeness (QED) is 0.297. The van der Waals surface area contributed by atoms with Gasteiger partial charge in [-0.25, -0.2) is 0 Å². The summed E-state index contributed by atoms with van der Waals surface area (Å²) in [7, 11) is -9.90. The van der Waals surface area contributed by atoms with Gasteiger partial charge in [0, 0.05) is 0 Å². The molecule has 2 unspecified atom stereocenters. The van der Waals surface area contributed by atoms with Crippen LogP contribution in [0.4, 0.5) is 0 Å². The Kier molecular flexibility index (Phi) is 7.38. The van der Waals surface area contributed by atoms with Crippen LogP contribution in [0.1, 0.15) is 13.8 Å². The van der Waals surface area contributed by atoms with Gasteiger partial charge < -0.3 is 24.7 Å². The maximum Gasteiger partial charge on any atom is 0.346 e. The van der Waals surface area contributed by atoms with Crippen LogP contribution in [-0.2, 0) is 13.9 Å². The van der Waals surface area contributed by atoms with Crippen molar-refractivity contribution < 1.29 is 38.6 Å². The molecule has 0 aromatic rings. The molecule has 0 aromatic heterocycles. The topological polar surface area (TPSA) is 156 Å². The van der Waals surface area contributed by atoms with Crippen molar-refractivity contribution in [1.29, 1.82) is 0 Å². The van der Waals surface area contributed by atoms with Crippen molar-refractivity contribution in [3.8, 4) is 0 Å². The summed E-state index contributed by atoms with van der Waals surface area (Å²) < 4.78 is 23.2. The van der Waals surface area contributed by atoms with E-state index in [4.69, 9.17) is 0 Å². The molecule has 0 rings (SSSR count). The summed E-state index contributed by atoms with van der Waals surface area (Å²) in [5.74, 6) is -5.94. The molecular weight excluding hydrogens is 336 g/mol. The summed E-state index contributed by atoms with van der Waals surface area (Å²) in [6.07, 6.45) is 1.54. The first-order valence-corrected chi connectivity index (χ1v) is 9.51. The summed E-state index contributed by atoms with van der Waals surface area (Å²) >= 11 is 0. The van der Waals surface area contributed by atoms with E-state index in [1.807, 2.05) is 0 Å². The van der Waals surface area contributed by atoms with Crippen molar-refractivity contribution >= 4 is 21.2 Å². The number of aliphatic carboxylic acids is 1. The third kappa shape index (κ3) is 5.14. The lowest BCUT2D eigenvalue weighted by molar-refractivity contribution is -0.145. The molecule has 3 atom stereocenters. The Hall–Kier alpha value is -0.790. The number of carboxylic acid groups (broad SMARTS) is 1. The molecule has 0 aliphatic heterocycles. The number of carbonyl (C=O) groups is 1. The minimum atomic E-state index is -4.95. The summed E-state index contributed by atoms with van der Waals surface area (Å²) in [4.78, 5) is 49.6. The van der Waals surface area contributed by atoms with Crippen molar-refractivity contribution in [1.82, 2.24) is 4.90 Å². The molecule has 0 fully saturated rings. The lowest BCUT2D eigenvalue weighted by Crippen LogP contribution is -2.53. The van der Waals surface area contributed by atoms with Crippen LogP contribution in [0.3, 0.4) is 0 Å². The Morgan fingerprint density at radius 3 is 1.45 bits per heavy atom. The first kappa shape index (κ1) is 21.2. The van der Waals surface area contributed by atoms with Crippen LogP contribution in [0, 0.1) is 5.92 Å². The second kappa shape index (κ2) is 7.66. The van der Waals surface area contributed by atoms with E-state index < -0.39 is 44.7 Å². The Bertz CT molecular complexity index is 488. The van der Waals surface area contributed by atoms with Crippen molar-refractivity contribution in [2.45, 2.75) is 31.5 Å². The first-order chi connectivity index (χ1) is 9.78. The molecule has 11 heteroatoms. The molecule has 0 heterocycles. The van der Waals surface area contributed by atoms with Crippen molar-refractivity contribution in [3.63, 3.8) is 0 Å². The Balaban J connectivity index is 6.35. The monoisotopic (exact) mass is 357 g/mol. The minimum Gasteiger partial charge on any atom is -0.480 e. The van der Waals surface area contributed by atoms with Gasteiger partial charge in [-0.1, -0.05) is 26.0 Å². The fraction of sp³-hybridized carbons (Fsp3) is 0.545. The number of hydrogen-bond acceptors (Lipinski definition) is 4. The van der Waals surface area contributed by atoms with Gasteiger partial charge in [0.1, 0.15) is 17.6 Å². The predicted molar refractivity (Wildman–Crippen MR) is 80.2 cm³/mol. The Morgan fingerprint density at radius 2 is 1.32 bits per heavy atom. The minimum absolute atomic E-state index is 0.564. The van der Waals surface area contributed by atoms with E-state index >= 15 is 0 Å². The first-order valence-electron chi connectivity index (χ1n) is 6.14. The van der Waals surface area contributed by atoms with Crippen molar-refractivity contribution in [3.05, 3.63) is 25.3 Å². The second-order valence-electron chi connectivity index (χ2n) is 4.95. The van der Waals surface area contributed by atoms with E-state index in [9.17, 15) is 38.6 Å². The number of hydrogen-bond donors (Lipinski definition) is 5. The number of nitrogens with zero attached hydrogens (tertiary/aromatic N) is 1. The summed E-state index contributed by atoms with van der Waals surface area (Å²) in [5, 5.41) is 9.32. The zero-order valence-corrected chi connectivity index (χ0v) is 14.0. The maximum absolute atomic E-state index is 11.6. The number of carboxylic acids is 1. The normalized spacial score (nSPS) is 17.1. The molecule has 0 aliphatic rings. The third-order valence-corrected chi connectivity index (χ3v) is 5.26. The van der Waals surface area contributed by atoms with Crippen LogP contribution < -0.4 is 0 Å². The fourth-order valence-corrected chi connectivity index (χ4v) is 4.03. The van der Waals surface area contributed by atoms with Crippen LogP contribution in [-0.4, -0.2) is 53.2 Å². The van der Waals surface area contributed by atoms with Gasteiger partial charge in [0.05, 0.1) is 0 Å². The Labute approximate surface area is 128 Å². The molecule has 22 heavy (non-hydrogen) atoms. The standard InChI is InChI=1S/C11H21NO8P2/c1-5-8(21(15,16)17)12(9(6-2)22(18,19)20)10(7(3)4)11(13)14/h5-10H,1-2H2,3-4H3,(H,13,14)(H2,15,16,17)(H2,18,19,20)/t8?,9?,10-/m0/s1. The van der Waals surface area contributed by atoms with Gasteiger partial charge in [-0.2, -0.15) is 0 Å². The smallest absolute Gasteiger partial charge is 0.346 e. The van der Waals surface area contributed by atoms with Crippen LogP contribution in [0.5, 0.6) is 0 Å². The van der Waals surface area contributed by atoms with Crippen LogP contribution in [0.15, 0.2) is 25.3 Å². The predicted octanol–water partition coefficient (Wildman–Crippen LogP) is 0.777. The molecule has 0 radical (unpaired) electrons. The van der Waals surface area contributed by atoms with Gasteiger partial charge in [0.25, 0.3) is 0 Å². The summed E-state index contributed by atoms with van der Waals surface area (Å²) in [6.45, 7) is 9.37. The van der Waals surface area contributed by atoms with Gasteiger partial charge in [-0.3, -0.25) is 18.8 Å². The van der Waals surface area contributed by atoms with Gasteiger partial charge in [-0.15, -0.1) is 13.2 Å². The molecule has 9 nitrogen and oxygen atoms in total. The molecule has 0 spiro atoms. The molecule has 0 saturated carbocycles. The molecule has 0 aromatic carbocycles. The Morgan fingerprint density at radius 1 is 1.00 bits per heavy atom. The van der Waals surface area contributed by atoms with E-state index in [2.05, 4.69) is 13.2 Å². The van der Waals surface area contributed by atoms with Crippen molar-refractivity contribution in [2.24, 2.45) is 5.92 Å². The SMILES string of the molecule is C=CC(N(C(C=C)P(=O)(O)O)[C@H](C(=O)O)C(C)C)P(=O)(O)O. The second-order valence-corrected chi connectivity index (χ2v) is 8.37. The van der Waals surface area contributed by atoms with Crippen LogP contribution >= 0.6 is 15.2 Å². The molecule has 5 N–H and O–H groups in total. The fourth-order valence-electron chi connectivity index (χ4n) is 2.11. The van der Waals surface area contributed by atoms with Gasteiger partial charge in [-0.05, 0) is 5.92 Å².